The van der Waals surface area contributed by atoms with Gasteiger partial charge in [-0.15, -0.1) is 0 Å². The van der Waals surface area contributed by atoms with Crippen LogP contribution >= 0.6 is 0 Å². The maximum atomic E-state index is 12.4. The first-order valence-corrected chi connectivity index (χ1v) is 4.86. The lowest BCUT2D eigenvalue weighted by Gasteiger charge is -2.05. The zero-order valence-corrected chi connectivity index (χ0v) is 8.80. The molecule has 1 aromatic heterocycles. The molecule has 0 N–H and O–H groups in total. The van der Waals surface area contributed by atoms with Crippen LogP contribution in [0.1, 0.15) is 31.0 Å². The third kappa shape index (κ3) is 1.77. The molecule has 0 fully saturated rings. The molecule has 0 bridgehead atoms. The maximum Gasteiger partial charge on any atom is 0.416 e. The van der Waals surface area contributed by atoms with Gasteiger partial charge in [-0.3, -0.25) is 0 Å². The van der Waals surface area contributed by atoms with Gasteiger partial charge in [-0.05, 0) is 24.1 Å². The fourth-order valence-electron chi connectivity index (χ4n) is 1.55. The highest BCUT2D eigenvalue weighted by molar-refractivity contribution is 5.80. The van der Waals surface area contributed by atoms with Crippen LogP contribution in [0.3, 0.4) is 0 Å². The molecule has 0 saturated heterocycles. The molecule has 5 heteroatoms. The molecule has 1 heterocycles. The summed E-state index contributed by atoms with van der Waals surface area (Å²) in [5.74, 6) is 0.123. The van der Waals surface area contributed by atoms with Gasteiger partial charge in [0.1, 0.15) is 0 Å². The minimum Gasteiger partial charge on any atom is -0.356 e. The molecule has 0 aliphatic heterocycles. The number of halogens is 3. The molecule has 0 aliphatic rings. The average molecular weight is 229 g/mol. The van der Waals surface area contributed by atoms with E-state index in [2.05, 4.69) is 5.16 Å². The quantitative estimate of drug-likeness (QED) is 0.739. The van der Waals surface area contributed by atoms with Crippen molar-refractivity contribution in [1.29, 1.82) is 0 Å². The lowest BCUT2D eigenvalue weighted by molar-refractivity contribution is -0.137. The molecule has 2 aromatic rings. The van der Waals surface area contributed by atoms with E-state index in [1.807, 2.05) is 13.8 Å². The van der Waals surface area contributed by atoms with E-state index in [0.717, 1.165) is 12.1 Å². The minimum absolute atomic E-state index is 0.123. The predicted molar refractivity (Wildman–Crippen MR) is 53.1 cm³/mol. The Bertz CT molecular complexity index is 513. The van der Waals surface area contributed by atoms with Crippen LogP contribution in [0.5, 0.6) is 0 Å². The molecule has 0 unspecified atom stereocenters. The first-order valence-electron chi connectivity index (χ1n) is 4.86. The monoisotopic (exact) mass is 229 g/mol. The van der Waals surface area contributed by atoms with Crippen LogP contribution in [0.2, 0.25) is 0 Å². The number of benzene rings is 1. The molecule has 2 nitrogen and oxygen atoms in total. The Hall–Kier alpha value is -1.52. The van der Waals surface area contributed by atoms with Crippen molar-refractivity contribution in [3.8, 4) is 0 Å². The molecule has 0 aliphatic carbocycles. The van der Waals surface area contributed by atoms with Crippen LogP contribution in [0.25, 0.3) is 11.0 Å². The van der Waals surface area contributed by atoms with Crippen molar-refractivity contribution in [2.24, 2.45) is 0 Å². The summed E-state index contributed by atoms with van der Waals surface area (Å²) in [6, 6.07) is 3.43. The van der Waals surface area contributed by atoms with Gasteiger partial charge in [0.25, 0.3) is 0 Å². The van der Waals surface area contributed by atoms with Crippen LogP contribution in [-0.4, -0.2) is 5.16 Å². The van der Waals surface area contributed by atoms with E-state index < -0.39 is 11.7 Å². The fourth-order valence-corrected chi connectivity index (χ4v) is 1.55. The molecule has 0 saturated carbocycles. The predicted octanol–water partition coefficient (Wildman–Crippen LogP) is 3.97. The molecule has 2 rings (SSSR count). The fraction of sp³-hybridized carbons (Fsp3) is 0.364. The number of hydrogen-bond acceptors (Lipinski definition) is 2. The molecular formula is C11H10F3NO. The summed E-state index contributed by atoms with van der Waals surface area (Å²) >= 11 is 0. The Morgan fingerprint density at radius 2 is 1.94 bits per heavy atom. The second-order valence-electron chi connectivity index (χ2n) is 3.93. The van der Waals surface area contributed by atoms with Crippen molar-refractivity contribution < 1.29 is 17.7 Å². The number of hydrogen-bond donors (Lipinski definition) is 0. The summed E-state index contributed by atoms with van der Waals surface area (Å²) in [4.78, 5) is 0. The van der Waals surface area contributed by atoms with Gasteiger partial charge in [0.05, 0.1) is 11.3 Å². The molecule has 0 atom stereocenters. The zero-order valence-electron chi connectivity index (χ0n) is 8.80. The normalized spacial score (nSPS) is 12.6. The van der Waals surface area contributed by atoms with Crippen LogP contribution in [0.15, 0.2) is 22.7 Å². The second-order valence-corrected chi connectivity index (χ2v) is 3.93. The highest BCUT2D eigenvalue weighted by atomic mass is 19.4. The van der Waals surface area contributed by atoms with Crippen LogP contribution < -0.4 is 0 Å². The summed E-state index contributed by atoms with van der Waals surface area (Å²) in [6.07, 6.45) is -4.35. The Morgan fingerprint density at radius 3 is 2.50 bits per heavy atom. The Balaban J connectivity index is 2.58. The second kappa shape index (κ2) is 3.50. The van der Waals surface area contributed by atoms with Gasteiger partial charge in [0.15, 0.2) is 5.58 Å². The first-order chi connectivity index (χ1) is 7.39. The van der Waals surface area contributed by atoms with Gasteiger partial charge >= 0.3 is 6.18 Å². The van der Waals surface area contributed by atoms with Crippen LogP contribution in [0, 0.1) is 0 Å². The molecule has 0 radical (unpaired) electrons. The largest absolute Gasteiger partial charge is 0.416 e. The number of aromatic nitrogens is 1. The highest BCUT2D eigenvalue weighted by Crippen LogP contribution is 2.33. The first kappa shape index (κ1) is 11.0. The number of fused-ring (bicyclic) bond motifs is 1. The minimum atomic E-state index is -4.35. The summed E-state index contributed by atoms with van der Waals surface area (Å²) in [5, 5.41) is 4.42. The SMILES string of the molecule is CC(C)c1noc2cc(C(F)(F)F)ccc12. The van der Waals surface area contributed by atoms with Crippen molar-refractivity contribution in [3.63, 3.8) is 0 Å². The third-order valence-electron chi connectivity index (χ3n) is 2.37. The van der Waals surface area contributed by atoms with Crippen molar-refractivity contribution in [3.05, 3.63) is 29.5 Å². The van der Waals surface area contributed by atoms with E-state index in [1.54, 1.807) is 0 Å². The van der Waals surface area contributed by atoms with E-state index >= 15 is 0 Å². The zero-order chi connectivity index (χ0) is 11.9. The average Bonchev–Trinajstić information content (AvgIpc) is 2.58. The van der Waals surface area contributed by atoms with Gasteiger partial charge in [-0.2, -0.15) is 13.2 Å². The molecule has 0 amide bonds. The Labute approximate surface area is 90.0 Å². The van der Waals surface area contributed by atoms with Crippen molar-refractivity contribution in [2.75, 3.05) is 0 Å². The molecule has 1 aromatic carbocycles. The standard InChI is InChI=1S/C11H10F3NO/c1-6(2)10-8-4-3-7(11(12,13)14)5-9(8)16-15-10/h3-6H,1-2H3. The lowest BCUT2D eigenvalue weighted by Crippen LogP contribution is -2.03. The highest BCUT2D eigenvalue weighted by Gasteiger charge is 2.31. The molecule has 16 heavy (non-hydrogen) atoms. The van der Waals surface area contributed by atoms with Crippen molar-refractivity contribution in [1.82, 2.24) is 5.16 Å². The van der Waals surface area contributed by atoms with Gasteiger partial charge in [-0.25, -0.2) is 0 Å². The van der Waals surface area contributed by atoms with E-state index in [9.17, 15) is 13.2 Å². The van der Waals surface area contributed by atoms with Crippen LogP contribution in [-0.2, 0) is 6.18 Å². The smallest absolute Gasteiger partial charge is 0.356 e. The number of alkyl halides is 3. The van der Waals surface area contributed by atoms with Crippen molar-refractivity contribution >= 4 is 11.0 Å². The van der Waals surface area contributed by atoms with E-state index in [4.69, 9.17) is 4.52 Å². The van der Waals surface area contributed by atoms with E-state index in [0.29, 0.717) is 11.1 Å². The van der Waals surface area contributed by atoms with Crippen LogP contribution in [0.4, 0.5) is 13.2 Å². The molecule has 86 valence electrons. The molecular weight excluding hydrogens is 219 g/mol. The number of rotatable bonds is 1. The van der Waals surface area contributed by atoms with Crippen molar-refractivity contribution in [2.45, 2.75) is 25.9 Å². The summed E-state index contributed by atoms with van der Waals surface area (Å²) in [6.45, 7) is 3.82. The lowest BCUT2D eigenvalue weighted by atomic mass is 10.0. The Kier molecular flexibility index (Phi) is 2.40. The number of nitrogens with zero attached hydrogens (tertiary/aromatic N) is 1. The topological polar surface area (TPSA) is 26.0 Å². The van der Waals surface area contributed by atoms with Gasteiger partial charge < -0.3 is 4.52 Å². The van der Waals surface area contributed by atoms with E-state index in [-0.39, 0.29) is 11.5 Å². The summed E-state index contributed by atoms with van der Waals surface area (Å²) < 4.78 is 42.2. The third-order valence-corrected chi connectivity index (χ3v) is 2.37. The Morgan fingerprint density at radius 1 is 1.25 bits per heavy atom. The van der Waals surface area contributed by atoms with Gasteiger partial charge in [-0.1, -0.05) is 19.0 Å². The summed E-state index contributed by atoms with van der Waals surface area (Å²) in [7, 11) is 0. The van der Waals surface area contributed by atoms with E-state index in [1.165, 1.54) is 6.07 Å². The van der Waals surface area contributed by atoms with Gasteiger partial charge in [0, 0.05) is 5.39 Å². The maximum absolute atomic E-state index is 12.4. The van der Waals surface area contributed by atoms with Gasteiger partial charge in [0.2, 0.25) is 0 Å². The molecule has 0 spiro atoms. The summed E-state index contributed by atoms with van der Waals surface area (Å²) in [5.41, 5.74) is 0.147.